The van der Waals surface area contributed by atoms with Crippen molar-refractivity contribution in [2.45, 2.75) is 31.9 Å². The van der Waals surface area contributed by atoms with Gasteiger partial charge in [-0.05, 0) is 18.9 Å². The molecule has 1 unspecified atom stereocenters. The molecule has 7 nitrogen and oxygen atoms in total. The molecule has 0 spiro atoms. The van der Waals surface area contributed by atoms with Crippen LogP contribution in [0.25, 0.3) is 0 Å². The van der Waals surface area contributed by atoms with E-state index in [0.29, 0.717) is 19.7 Å². The van der Waals surface area contributed by atoms with Gasteiger partial charge in [-0.25, -0.2) is 8.42 Å². The third kappa shape index (κ3) is 5.19. The maximum atomic E-state index is 11.9. The molecule has 0 amide bonds. The maximum absolute atomic E-state index is 11.9. The first-order chi connectivity index (χ1) is 11.4. The zero-order valence-corrected chi connectivity index (χ0v) is 15.1. The molecule has 1 saturated heterocycles. The van der Waals surface area contributed by atoms with Crippen molar-refractivity contribution < 1.29 is 13.2 Å². The molecular weight excluding hydrogens is 328 g/mol. The molecule has 24 heavy (non-hydrogen) atoms. The molecule has 0 radical (unpaired) electrons. The molecule has 1 aromatic carbocycles. The summed E-state index contributed by atoms with van der Waals surface area (Å²) in [6.07, 6.45) is 3.96. The highest BCUT2D eigenvalue weighted by Crippen LogP contribution is 2.20. The van der Waals surface area contributed by atoms with Gasteiger partial charge in [0, 0.05) is 30.9 Å². The number of guanidine groups is 1. The molecule has 1 aliphatic heterocycles. The van der Waals surface area contributed by atoms with Crippen LogP contribution >= 0.6 is 0 Å². The number of anilines is 1. The smallest absolute Gasteiger partial charge is 0.211 e. The van der Waals surface area contributed by atoms with E-state index in [0.717, 1.165) is 30.5 Å². The summed E-state index contributed by atoms with van der Waals surface area (Å²) in [5.41, 5.74) is 7.79. The molecule has 1 fully saturated rings. The highest BCUT2D eigenvalue weighted by atomic mass is 32.2. The minimum absolute atomic E-state index is 0.122. The summed E-state index contributed by atoms with van der Waals surface area (Å²) in [4.78, 5) is 4.34. The Kier molecular flexibility index (Phi) is 6.59. The van der Waals surface area contributed by atoms with Crippen LogP contribution in [0.4, 0.5) is 5.69 Å². The van der Waals surface area contributed by atoms with Gasteiger partial charge in [0.15, 0.2) is 5.96 Å². The van der Waals surface area contributed by atoms with Gasteiger partial charge in [-0.15, -0.1) is 0 Å². The van der Waals surface area contributed by atoms with E-state index in [1.54, 1.807) is 7.11 Å². The average molecular weight is 354 g/mol. The number of para-hydroxylation sites is 1. The van der Waals surface area contributed by atoms with Crippen molar-refractivity contribution in [2.75, 3.05) is 31.8 Å². The Labute approximate surface area is 143 Å². The molecule has 1 heterocycles. The lowest BCUT2D eigenvalue weighted by Crippen LogP contribution is -2.45. The molecule has 8 heteroatoms. The van der Waals surface area contributed by atoms with E-state index in [2.05, 4.69) is 10.3 Å². The van der Waals surface area contributed by atoms with Crippen LogP contribution in [0.15, 0.2) is 29.3 Å². The van der Waals surface area contributed by atoms with Crippen molar-refractivity contribution in [3.8, 4) is 0 Å². The first-order valence-electron chi connectivity index (χ1n) is 8.02. The van der Waals surface area contributed by atoms with Crippen molar-refractivity contribution in [1.82, 2.24) is 4.31 Å². The van der Waals surface area contributed by atoms with E-state index >= 15 is 0 Å². The van der Waals surface area contributed by atoms with Crippen molar-refractivity contribution in [2.24, 2.45) is 10.7 Å². The number of aliphatic imine (C=N–C) groups is 1. The number of sulfonamides is 1. The quantitative estimate of drug-likeness (QED) is 0.594. The fraction of sp³-hybridized carbons (Fsp3) is 0.562. The van der Waals surface area contributed by atoms with Crippen LogP contribution in [-0.2, 0) is 21.4 Å². The number of nitrogens with zero attached hydrogens (tertiary/aromatic N) is 2. The lowest BCUT2D eigenvalue weighted by molar-refractivity contribution is 0.185. The van der Waals surface area contributed by atoms with Gasteiger partial charge in [-0.3, -0.25) is 4.99 Å². The largest absolute Gasteiger partial charge is 0.380 e. The molecule has 3 N–H and O–H groups in total. The molecule has 0 bridgehead atoms. The lowest BCUT2D eigenvalue weighted by Gasteiger charge is -2.32. The van der Waals surface area contributed by atoms with E-state index in [9.17, 15) is 8.42 Å². The molecule has 0 aromatic heterocycles. The predicted molar refractivity (Wildman–Crippen MR) is 96.5 cm³/mol. The topological polar surface area (TPSA) is 97.0 Å². The predicted octanol–water partition coefficient (Wildman–Crippen LogP) is 1.37. The number of nitrogens with two attached hydrogens (primary N) is 1. The summed E-state index contributed by atoms with van der Waals surface area (Å²) in [6.45, 7) is 1.39. The van der Waals surface area contributed by atoms with Crippen LogP contribution in [0.2, 0.25) is 0 Å². The lowest BCUT2D eigenvalue weighted by atomic mass is 10.1. The van der Waals surface area contributed by atoms with E-state index in [-0.39, 0.29) is 12.0 Å². The fourth-order valence-corrected chi connectivity index (χ4v) is 4.07. The summed E-state index contributed by atoms with van der Waals surface area (Å²) < 4.78 is 30.4. The minimum Gasteiger partial charge on any atom is -0.380 e. The second kappa shape index (κ2) is 8.46. The molecule has 1 atom stereocenters. The highest BCUT2D eigenvalue weighted by molar-refractivity contribution is 7.88. The SMILES string of the molecule is COCc1ccccc1NC(N)=NCC1CCCCN1S(C)(=O)=O. The zero-order chi connectivity index (χ0) is 17.6. The molecule has 0 saturated carbocycles. The summed E-state index contributed by atoms with van der Waals surface area (Å²) in [7, 11) is -1.57. The Morgan fingerprint density at radius 1 is 1.42 bits per heavy atom. The molecule has 134 valence electrons. The van der Waals surface area contributed by atoms with Gasteiger partial charge in [-0.2, -0.15) is 4.31 Å². The van der Waals surface area contributed by atoms with Crippen LogP contribution < -0.4 is 11.1 Å². The van der Waals surface area contributed by atoms with Crippen LogP contribution in [0.3, 0.4) is 0 Å². The minimum atomic E-state index is -3.21. The molecule has 0 aliphatic carbocycles. The Bertz CT molecular complexity index is 676. The maximum Gasteiger partial charge on any atom is 0.211 e. The first kappa shape index (κ1) is 18.7. The molecule has 1 aliphatic rings. The van der Waals surface area contributed by atoms with Gasteiger partial charge < -0.3 is 15.8 Å². The van der Waals surface area contributed by atoms with E-state index in [4.69, 9.17) is 10.5 Å². The molecular formula is C16H26N4O3S. The third-order valence-corrected chi connectivity index (χ3v) is 5.38. The van der Waals surface area contributed by atoms with Gasteiger partial charge in [0.05, 0.1) is 19.4 Å². The summed E-state index contributed by atoms with van der Waals surface area (Å²) in [5, 5.41) is 3.07. The Morgan fingerprint density at radius 2 is 2.17 bits per heavy atom. The van der Waals surface area contributed by atoms with Crippen LogP contribution in [0, 0.1) is 0 Å². The van der Waals surface area contributed by atoms with Crippen LogP contribution in [-0.4, -0.2) is 51.2 Å². The summed E-state index contributed by atoms with van der Waals surface area (Å²) in [6, 6.07) is 7.56. The number of methoxy groups -OCH3 is 1. The molecule has 2 rings (SSSR count). The number of nitrogens with one attached hydrogen (secondary N) is 1. The fourth-order valence-electron chi connectivity index (χ4n) is 2.90. The van der Waals surface area contributed by atoms with Gasteiger partial charge in [0.2, 0.25) is 10.0 Å². The van der Waals surface area contributed by atoms with Crippen molar-refractivity contribution in [1.29, 1.82) is 0 Å². The standard InChI is InChI=1S/C16H26N4O3S/c1-23-12-13-7-3-4-9-15(13)19-16(17)18-11-14-8-5-6-10-20(14)24(2,21)22/h3-4,7,9,14H,5-6,8,10-12H2,1-2H3,(H3,17,18,19). The summed E-state index contributed by atoms with van der Waals surface area (Å²) >= 11 is 0. The van der Waals surface area contributed by atoms with E-state index in [1.165, 1.54) is 10.6 Å². The van der Waals surface area contributed by atoms with Gasteiger partial charge >= 0.3 is 0 Å². The highest BCUT2D eigenvalue weighted by Gasteiger charge is 2.28. The van der Waals surface area contributed by atoms with Crippen molar-refractivity contribution in [3.05, 3.63) is 29.8 Å². The first-order valence-corrected chi connectivity index (χ1v) is 9.87. The monoisotopic (exact) mass is 354 g/mol. The van der Waals surface area contributed by atoms with Crippen LogP contribution in [0.5, 0.6) is 0 Å². The Morgan fingerprint density at radius 3 is 2.88 bits per heavy atom. The number of hydrogen-bond donors (Lipinski definition) is 2. The number of hydrogen-bond acceptors (Lipinski definition) is 4. The van der Waals surface area contributed by atoms with E-state index < -0.39 is 10.0 Å². The van der Waals surface area contributed by atoms with Crippen LogP contribution in [0.1, 0.15) is 24.8 Å². The van der Waals surface area contributed by atoms with Gasteiger partial charge in [0.25, 0.3) is 0 Å². The number of rotatable bonds is 6. The second-order valence-corrected chi connectivity index (χ2v) is 7.90. The normalized spacial score (nSPS) is 20.1. The third-order valence-electron chi connectivity index (χ3n) is 4.05. The zero-order valence-electron chi connectivity index (χ0n) is 14.2. The second-order valence-electron chi connectivity index (χ2n) is 5.96. The number of benzene rings is 1. The Hall–Kier alpha value is -1.64. The van der Waals surface area contributed by atoms with Gasteiger partial charge in [-0.1, -0.05) is 24.6 Å². The van der Waals surface area contributed by atoms with Gasteiger partial charge in [0.1, 0.15) is 0 Å². The number of piperidine rings is 1. The summed E-state index contributed by atoms with van der Waals surface area (Å²) in [5.74, 6) is 0.276. The average Bonchev–Trinajstić information content (AvgIpc) is 2.54. The number of ether oxygens (including phenoxy) is 1. The molecule has 1 aromatic rings. The van der Waals surface area contributed by atoms with Crippen molar-refractivity contribution >= 4 is 21.7 Å². The van der Waals surface area contributed by atoms with E-state index in [1.807, 2.05) is 24.3 Å². The Balaban J connectivity index is 2.03. The van der Waals surface area contributed by atoms with Crippen molar-refractivity contribution in [3.63, 3.8) is 0 Å².